The van der Waals surface area contributed by atoms with E-state index in [0.717, 1.165) is 12.8 Å². The number of piperidine rings is 1. The molecule has 2 rings (SSSR count). The van der Waals surface area contributed by atoms with Crippen molar-refractivity contribution in [2.75, 3.05) is 19.7 Å². The fourth-order valence-electron chi connectivity index (χ4n) is 3.65. The summed E-state index contributed by atoms with van der Waals surface area (Å²) in [5, 5.41) is 0. The minimum Gasteiger partial charge on any atom is -0.465 e. The second kappa shape index (κ2) is 12.5. The number of hydrogen-bond acceptors (Lipinski definition) is 3. The van der Waals surface area contributed by atoms with E-state index in [-0.39, 0.29) is 17.8 Å². The predicted molar refractivity (Wildman–Crippen MR) is 109 cm³/mol. The molecular formula is C23H34FNO3. The Balaban J connectivity index is 1.58. The van der Waals surface area contributed by atoms with Crippen LogP contribution in [0, 0.1) is 11.7 Å². The van der Waals surface area contributed by atoms with Gasteiger partial charge in [-0.2, -0.15) is 0 Å². The summed E-state index contributed by atoms with van der Waals surface area (Å²) in [7, 11) is 0. The molecule has 1 amide bonds. The SMILES string of the molecule is CCCCCCCCCCOC(=O)C1CCN(C(=O)c2cccc(F)c2)CC1. The standard InChI is InChI=1S/C23H34FNO3/c1-2-3-4-5-6-7-8-9-17-28-23(27)19-13-15-25(16-14-19)22(26)20-11-10-12-21(24)18-20/h10-12,18-19H,2-9,13-17H2,1H3. The molecule has 1 fully saturated rings. The van der Waals surface area contributed by atoms with Gasteiger partial charge in [0.1, 0.15) is 5.82 Å². The summed E-state index contributed by atoms with van der Waals surface area (Å²) >= 11 is 0. The van der Waals surface area contributed by atoms with E-state index in [1.54, 1.807) is 11.0 Å². The Morgan fingerprint density at radius 1 is 1.04 bits per heavy atom. The van der Waals surface area contributed by atoms with Gasteiger partial charge in [0.2, 0.25) is 0 Å². The quantitative estimate of drug-likeness (QED) is 0.377. The molecular weight excluding hydrogens is 357 g/mol. The minimum atomic E-state index is -0.412. The Bertz CT molecular complexity index is 612. The Kier molecular flexibility index (Phi) is 10.0. The molecule has 1 aliphatic heterocycles. The van der Waals surface area contributed by atoms with E-state index >= 15 is 0 Å². The molecule has 0 atom stereocenters. The van der Waals surface area contributed by atoms with Crippen molar-refractivity contribution >= 4 is 11.9 Å². The monoisotopic (exact) mass is 391 g/mol. The molecule has 28 heavy (non-hydrogen) atoms. The predicted octanol–water partition coefficient (Wildman–Crippen LogP) is 5.36. The first-order chi connectivity index (χ1) is 13.6. The highest BCUT2D eigenvalue weighted by molar-refractivity contribution is 5.94. The van der Waals surface area contributed by atoms with Crippen LogP contribution in [0.2, 0.25) is 0 Å². The van der Waals surface area contributed by atoms with Gasteiger partial charge >= 0.3 is 5.97 Å². The van der Waals surface area contributed by atoms with Gasteiger partial charge in [-0.1, -0.05) is 57.9 Å². The number of carbonyl (C=O) groups is 2. The largest absolute Gasteiger partial charge is 0.465 e. The van der Waals surface area contributed by atoms with Crippen LogP contribution in [0.15, 0.2) is 24.3 Å². The Labute approximate surface area is 168 Å². The maximum Gasteiger partial charge on any atom is 0.309 e. The number of amides is 1. The van der Waals surface area contributed by atoms with E-state index < -0.39 is 5.82 Å². The summed E-state index contributed by atoms with van der Waals surface area (Å²) in [5.74, 6) is -0.859. The minimum absolute atomic E-state index is 0.134. The summed E-state index contributed by atoms with van der Waals surface area (Å²) in [6.45, 7) is 3.73. The number of ether oxygens (including phenoxy) is 1. The number of carbonyl (C=O) groups excluding carboxylic acids is 2. The number of rotatable bonds is 11. The van der Waals surface area contributed by atoms with E-state index in [9.17, 15) is 14.0 Å². The van der Waals surface area contributed by atoms with Crippen LogP contribution in [0.5, 0.6) is 0 Å². The third-order valence-electron chi connectivity index (χ3n) is 5.43. The first-order valence-corrected chi connectivity index (χ1v) is 10.8. The normalized spacial score (nSPS) is 14.9. The van der Waals surface area contributed by atoms with Crippen molar-refractivity contribution in [3.8, 4) is 0 Å². The molecule has 0 spiro atoms. The van der Waals surface area contributed by atoms with Gasteiger partial charge < -0.3 is 9.64 Å². The van der Waals surface area contributed by atoms with Gasteiger partial charge in [0.15, 0.2) is 0 Å². The van der Waals surface area contributed by atoms with Crippen molar-refractivity contribution in [1.82, 2.24) is 4.90 Å². The molecule has 0 saturated carbocycles. The van der Waals surface area contributed by atoms with Crippen molar-refractivity contribution in [1.29, 1.82) is 0 Å². The molecule has 1 aromatic carbocycles. The highest BCUT2D eigenvalue weighted by Crippen LogP contribution is 2.21. The fourth-order valence-corrected chi connectivity index (χ4v) is 3.65. The van der Waals surface area contributed by atoms with E-state index in [0.29, 0.717) is 38.1 Å². The summed E-state index contributed by atoms with van der Waals surface area (Å²) in [5.41, 5.74) is 0.357. The van der Waals surface area contributed by atoms with E-state index in [1.807, 2.05) is 0 Å². The number of esters is 1. The highest BCUT2D eigenvalue weighted by Gasteiger charge is 2.28. The first-order valence-electron chi connectivity index (χ1n) is 10.8. The smallest absolute Gasteiger partial charge is 0.309 e. The molecule has 0 N–H and O–H groups in total. The van der Waals surface area contributed by atoms with Gasteiger partial charge in [-0.25, -0.2) is 4.39 Å². The van der Waals surface area contributed by atoms with E-state index in [2.05, 4.69) is 6.92 Å². The van der Waals surface area contributed by atoms with Crippen LogP contribution in [0.1, 0.15) is 81.5 Å². The highest BCUT2D eigenvalue weighted by atomic mass is 19.1. The van der Waals surface area contributed by atoms with Crippen LogP contribution in [0.25, 0.3) is 0 Å². The third-order valence-corrected chi connectivity index (χ3v) is 5.43. The van der Waals surface area contributed by atoms with Gasteiger partial charge in [-0.15, -0.1) is 0 Å². The van der Waals surface area contributed by atoms with Gasteiger partial charge in [0, 0.05) is 18.7 Å². The van der Waals surface area contributed by atoms with E-state index in [1.165, 1.54) is 56.7 Å². The number of benzene rings is 1. The Hall–Kier alpha value is -1.91. The summed E-state index contributed by atoms with van der Waals surface area (Å²) in [4.78, 5) is 26.3. The van der Waals surface area contributed by atoms with Crippen molar-refractivity contribution in [2.45, 2.75) is 71.1 Å². The maximum absolute atomic E-state index is 13.3. The average molecular weight is 392 g/mol. The second-order valence-corrected chi connectivity index (χ2v) is 7.72. The van der Waals surface area contributed by atoms with Crippen molar-refractivity contribution in [3.63, 3.8) is 0 Å². The van der Waals surface area contributed by atoms with Gasteiger partial charge in [0.05, 0.1) is 12.5 Å². The van der Waals surface area contributed by atoms with Crippen LogP contribution < -0.4 is 0 Å². The zero-order valence-corrected chi connectivity index (χ0v) is 17.1. The third kappa shape index (κ3) is 7.61. The molecule has 156 valence electrons. The van der Waals surface area contributed by atoms with Gasteiger partial charge in [0.25, 0.3) is 5.91 Å². The van der Waals surface area contributed by atoms with Gasteiger partial charge in [-0.3, -0.25) is 9.59 Å². The first kappa shape index (κ1) is 22.4. The lowest BCUT2D eigenvalue weighted by Gasteiger charge is -2.31. The zero-order valence-electron chi connectivity index (χ0n) is 17.1. The lowest BCUT2D eigenvalue weighted by molar-refractivity contribution is -0.150. The Morgan fingerprint density at radius 3 is 2.32 bits per heavy atom. The van der Waals surface area contributed by atoms with Crippen LogP contribution in [0.4, 0.5) is 4.39 Å². The molecule has 0 aromatic heterocycles. The van der Waals surface area contributed by atoms with Crippen molar-refractivity contribution in [3.05, 3.63) is 35.6 Å². The van der Waals surface area contributed by atoms with Crippen LogP contribution in [0.3, 0.4) is 0 Å². The molecule has 4 nitrogen and oxygen atoms in total. The number of unbranched alkanes of at least 4 members (excludes halogenated alkanes) is 7. The number of halogens is 1. The molecule has 5 heteroatoms. The van der Waals surface area contributed by atoms with Crippen LogP contribution >= 0.6 is 0 Å². The van der Waals surface area contributed by atoms with Crippen LogP contribution in [-0.2, 0) is 9.53 Å². The lowest BCUT2D eigenvalue weighted by Crippen LogP contribution is -2.40. The second-order valence-electron chi connectivity index (χ2n) is 7.72. The molecule has 1 aromatic rings. The van der Waals surface area contributed by atoms with E-state index in [4.69, 9.17) is 4.74 Å². The number of likely N-dealkylation sites (tertiary alicyclic amines) is 1. The fraction of sp³-hybridized carbons (Fsp3) is 0.652. The summed E-state index contributed by atoms with van der Waals surface area (Å²) < 4.78 is 18.7. The molecule has 1 saturated heterocycles. The number of nitrogens with zero attached hydrogens (tertiary/aromatic N) is 1. The molecule has 0 unspecified atom stereocenters. The van der Waals surface area contributed by atoms with Gasteiger partial charge in [-0.05, 0) is 37.5 Å². The number of hydrogen-bond donors (Lipinski definition) is 0. The van der Waals surface area contributed by atoms with Crippen LogP contribution in [-0.4, -0.2) is 36.5 Å². The maximum atomic E-state index is 13.3. The summed E-state index contributed by atoms with van der Waals surface area (Å²) in [6.07, 6.45) is 11.0. The van der Waals surface area contributed by atoms with Crippen molar-refractivity contribution in [2.24, 2.45) is 5.92 Å². The summed E-state index contributed by atoms with van der Waals surface area (Å²) in [6, 6.07) is 5.74. The molecule has 1 heterocycles. The Morgan fingerprint density at radius 2 is 1.68 bits per heavy atom. The van der Waals surface area contributed by atoms with Crippen molar-refractivity contribution < 1.29 is 18.7 Å². The molecule has 0 aliphatic carbocycles. The molecule has 1 aliphatic rings. The lowest BCUT2D eigenvalue weighted by atomic mass is 9.96. The zero-order chi connectivity index (χ0) is 20.2. The molecule has 0 radical (unpaired) electrons. The average Bonchev–Trinajstić information content (AvgIpc) is 2.72. The topological polar surface area (TPSA) is 46.6 Å². The molecule has 0 bridgehead atoms.